The minimum absolute atomic E-state index is 0.0478. The van der Waals surface area contributed by atoms with Gasteiger partial charge in [0.2, 0.25) is 0 Å². The van der Waals surface area contributed by atoms with Gasteiger partial charge in [0.25, 0.3) is 15.9 Å². The van der Waals surface area contributed by atoms with Crippen LogP contribution in [-0.4, -0.2) is 20.4 Å². The van der Waals surface area contributed by atoms with E-state index in [4.69, 9.17) is 16.3 Å². The molecule has 0 aliphatic heterocycles. The van der Waals surface area contributed by atoms with Gasteiger partial charge in [0, 0.05) is 5.69 Å². The zero-order chi connectivity index (χ0) is 22.4. The number of nitrogens with one attached hydrogen (secondary N) is 2. The maximum absolute atomic E-state index is 12.6. The van der Waals surface area contributed by atoms with E-state index < -0.39 is 16.1 Å². The molecule has 0 fully saturated rings. The number of hydrogen-bond donors (Lipinski definition) is 2. The fourth-order valence-corrected chi connectivity index (χ4v) is 4.18. The lowest BCUT2D eigenvalue weighted by molar-refractivity contribution is -0.122. The summed E-state index contributed by atoms with van der Waals surface area (Å²) in [7, 11) is -3.82. The van der Waals surface area contributed by atoms with Crippen molar-refractivity contribution in [1.82, 2.24) is 0 Å². The van der Waals surface area contributed by atoms with Crippen LogP contribution in [0.5, 0.6) is 5.75 Å². The summed E-state index contributed by atoms with van der Waals surface area (Å²) < 4.78 is 33.4. The average molecular weight is 459 g/mol. The number of anilines is 2. The van der Waals surface area contributed by atoms with Crippen molar-refractivity contribution in [2.45, 2.75) is 31.3 Å². The number of rotatable bonds is 8. The van der Waals surface area contributed by atoms with E-state index in [0.717, 1.165) is 12.0 Å². The van der Waals surface area contributed by atoms with Crippen molar-refractivity contribution in [3.05, 3.63) is 83.4 Å². The summed E-state index contributed by atoms with van der Waals surface area (Å²) in [4.78, 5) is 12.5. The van der Waals surface area contributed by atoms with E-state index in [0.29, 0.717) is 22.1 Å². The molecule has 31 heavy (non-hydrogen) atoms. The summed E-state index contributed by atoms with van der Waals surface area (Å²) in [6.45, 7) is 3.68. The van der Waals surface area contributed by atoms with E-state index in [-0.39, 0.29) is 10.8 Å². The summed E-state index contributed by atoms with van der Waals surface area (Å²) in [6.07, 6.45) is 0.0702. The van der Waals surface area contributed by atoms with E-state index in [9.17, 15) is 13.2 Å². The number of halogens is 1. The lowest BCUT2D eigenvalue weighted by Gasteiger charge is -2.17. The molecule has 0 aliphatic rings. The molecule has 0 aliphatic carbocycles. The van der Waals surface area contributed by atoms with Crippen molar-refractivity contribution < 1.29 is 17.9 Å². The molecule has 0 saturated heterocycles. The van der Waals surface area contributed by atoms with Gasteiger partial charge in [-0.05, 0) is 61.4 Å². The smallest absolute Gasteiger partial charge is 0.265 e. The van der Waals surface area contributed by atoms with E-state index in [1.165, 1.54) is 24.3 Å². The Morgan fingerprint density at radius 2 is 1.65 bits per heavy atom. The Morgan fingerprint density at radius 1 is 1.00 bits per heavy atom. The van der Waals surface area contributed by atoms with Crippen LogP contribution in [-0.2, 0) is 21.2 Å². The van der Waals surface area contributed by atoms with Crippen LogP contribution in [0.4, 0.5) is 11.4 Å². The number of sulfonamides is 1. The molecule has 162 valence electrons. The number of aryl methyl sites for hydroxylation is 1. The van der Waals surface area contributed by atoms with Gasteiger partial charge in [-0.15, -0.1) is 0 Å². The van der Waals surface area contributed by atoms with Crippen LogP contribution in [0.1, 0.15) is 19.4 Å². The number of hydrogen-bond acceptors (Lipinski definition) is 4. The van der Waals surface area contributed by atoms with Crippen LogP contribution in [0.15, 0.2) is 77.7 Å². The Morgan fingerprint density at radius 3 is 2.32 bits per heavy atom. The molecular weight excluding hydrogens is 436 g/mol. The molecule has 3 aromatic carbocycles. The fourth-order valence-electron chi connectivity index (χ4n) is 2.86. The summed E-state index contributed by atoms with van der Waals surface area (Å²) >= 11 is 6.02. The fraction of sp³-hybridized carbons (Fsp3) is 0.174. The van der Waals surface area contributed by atoms with Gasteiger partial charge in [0.1, 0.15) is 5.75 Å². The Balaban J connectivity index is 1.65. The minimum Gasteiger partial charge on any atom is -0.481 e. The van der Waals surface area contributed by atoms with E-state index in [2.05, 4.69) is 10.0 Å². The Bertz CT molecular complexity index is 1160. The molecule has 0 bridgehead atoms. The second-order valence-corrected chi connectivity index (χ2v) is 8.91. The molecule has 1 atom stereocenters. The van der Waals surface area contributed by atoms with E-state index in [1.54, 1.807) is 31.2 Å². The Hall–Kier alpha value is -3.03. The molecule has 2 N–H and O–H groups in total. The van der Waals surface area contributed by atoms with Crippen molar-refractivity contribution in [2.24, 2.45) is 0 Å². The standard InChI is InChI=1S/C23H23ClN2O4S/c1-3-17-8-4-7-11-22(17)30-16(2)23(27)25-18-12-14-19(15-13-18)31(28,29)26-21-10-6-5-9-20(21)24/h4-16,26H,3H2,1-2H3,(H,25,27). The summed E-state index contributed by atoms with van der Waals surface area (Å²) in [5.41, 5.74) is 1.77. The van der Waals surface area contributed by atoms with Gasteiger partial charge in [-0.25, -0.2) is 8.42 Å². The van der Waals surface area contributed by atoms with Crippen molar-refractivity contribution in [3.63, 3.8) is 0 Å². The highest BCUT2D eigenvalue weighted by molar-refractivity contribution is 7.92. The highest BCUT2D eigenvalue weighted by atomic mass is 35.5. The zero-order valence-corrected chi connectivity index (χ0v) is 18.7. The molecule has 0 radical (unpaired) electrons. The number of carbonyl (C=O) groups excluding carboxylic acids is 1. The number of ether oxygens (including phenoxy) is 1. The van der Waals surface area contributed by atoms with Gasteiger partial charge >= 0.3 is 0 Å². The number of para-hydroxylation sites is 2. The molecule has 8 heteroatoms. The van der Waals surface area contributed by atoms with Crippen LogP contribution >= 0.6 is 11.6 Å². The van der Waals surface area contributed by atoms with Crippen LogP contribution in [0.3, 0.4) is 0 Å². The van der Waals surface area contributed by atoms with Crippen LogP contribution in [0.2, 0.25) is 5.02 Å². The monoisotopic (exact) mass is 458 g/mol. The van der Waals surface area contributed by atoms with E-state index in [1.807, 2.05) is 31.2 Å². The SMILES string of the molecule is CCc1ccccc1OC(C)C(=O)Nc1ccc(S(=O)(=O)Nc2ccccc2Cl)cc1. The van der Waals surface area contributed by atoms with Gasteiger partial charge in [-0.1, -0.05) is 48.9 Å². The highest BCUT2D eigenvalue weighted by Gasteiger charge is 2.18. The maximum atomic E-state index is 12.6. The first-order chi connectivity index (χ1) is 14.8. The molecule has 3 rings (SSSR count). The van der Waals surface area contributed by atoms with Gasteiger partial charge in [-0.3, -0.25) is 9.52 Å². The summed E-state index contributed by atoms with van der Waals surface area (Å²) in [5.74, 6) is 0.329. The third kappa shape index (κ3) is 5.77. The first-order valence-electron chi connectivity index (χ1n) is 9.73. The Labute approximate surface area is 187 Å². The zero-order valence-electron chi connectivity index (χ0n) is 17.1. The third-order valence-electron chi connectivity index (χ3n) is 4.58. The van der Waals surface area contributed by atoms with Gasteiger partial charge < -0.3 is 10.1 Å². The Kier molecular flexibility index (Phi) is 7.20. The summed E-state index contributed by atoms with van der Waals surface area (Å²) in [6, 6.07) is 20.0. The molecule has 0 saturated carbocycles. The van der Waals surface area contributed by atoms with Gasteiger partial charge in [0.05, 0.1) is 15.6 Å². The molecule has 0 spiro atoms. The van der Waals surface area contributed by atoms with Gasteiger partial charge in [0.15, 0.2) is 6.10 Å². The lowest BCUT2D eigenvalue weighted by Crippen LogP contribution is -2.30. The largest absolute Gasteiger partial charge is 0.481 e. The average Bonchev–Trinajstić information content (AvgIpc) is 2.76. The van der Waals surface area contributed by atoms with Gasteiger partial charge in [-0.2, -0.15) is 0 Å². The van der Waals surface area contributed by atoms with Crippen molar-refractivity contribution in [2.75, 3.05) is 10.0 Å². The quantitative estimate of drug-likeness (QED) is 0.491. The van der Waals surface area contributed by atoms with E-state index >= 15 is 0 Å². The predicted octanol–water partition coefficient (Wildman–Crippen LogP) is 5.11. The highest BCUT2D eigenvalue weighted by Crippen LogP contribution is 2.25. The molecule has 1 unspecified atom stereocenters. The third-order valence-corrected chi connectivity index (χ3v) is 6.29. The summed E-state index contributed by atoms with van der Waals surface area (Å²) in [5, 5.41) is 3.04. The molecule has 6 nitrogen and oxygen atoms in total. The minimum atomic E-state index is -3.82. The van der Waals surface area contributed by atoms with Crippen LogP contribution < -0.4 is 14.8 Å². The molecule has 1 amide bonds. The lowest BCUT2D eigenvalue weighted by atomic mass is 10.1. The molecule has 3 aromatic rings. The second kappa shape index (κ2) is 9.85. The number of amides is 1. The first-order valence-corrected chi connectivity index (χ1v) is 11.6. The topological polar surface area (TPSA) is 84.5 Å². The normalized spacial score (nSPS) is 12.1. The van der Waals surface area contributed by atoms with Crippen LogP contribution in [0, 0.1) is 0 Å². The van der Waals surface area contributed by atoms with Crippen molar-refractivity contribution >= 4 is 38.9 Å². The molecule has 0 aromatic heterocycles. The molecular formula is C23H23ClN2O4S. The second-order valence-electron chi connectivity index (χ2n) is 6.82. The first kappa shape index (κ1) is 22.7. The molecule has 0 heterocycles. The predicted molar refractivity (Wildman–Crippen MR) is 123 cm³/mol. The maximum Gasteiger partial charge on any atom is 0.265 e. The van der Waals surface area contributed by atoms with Crippen molar-refractivity contribution in [3.8, 4) is 5.75 Å². The number of carbonyl (C=O) groups is 1. The van der Waals surface area contributed by atoms with Crippen molar-refractivity contribution in [1.29, 1.82) is 0 Å². The van der Waals surface area contributed by atoms with Crippen LogP contribution in [0.25, 0.3) is 0 Å². The number of benzene rings is 3.